The topological polar surface area (TPSA) is 244 Å². The van der Waals surface area contributed by atoms with Crippen molar-refractivity contribution in [1.82, 2.24) is 60.8 Å². The van der Waals surface area contributed by atoms with E-state index in [2.05, 4.69) is 41.2 Å². The molecule has 0 bridgehead atoms. The molecule has 3 aromatic heterocycles. The quantitative estimate of drug-likeness (QED) is 0.101. The predicted molar refractivity (Wildman–Crippen MR) is 348 cm³/mol. The van der Waals surface area contributed by atoms with Gasteiger partial charge in [0.05, 0.1) is 53.1 Å². The lowest BCUT2D eigenvalue weighted by atomic mass is 9.85. The highest BCUT2D eigenvalue weighted by molar-refractivity contribution is 5.95. The van der Waals surface area contributed by atoms with Crippen LogP contribution in [0.5, 0.6) is 0 Å². The van der Waals surface area contributed by atoms with Crippen LogP contribution in [0.3, 0.4) is 0 Å². The third-order valence-electron chi connectivity index (χ3n) is 17.5. The van der Waals surface area contributed by atoms with Gasteiger partial charge >= 0.3 is 36.9 Å². The lowest BCUT2D eigenvalue weighted by molar-refractivity contribution is -0.191. The summed E-state index contributed by atoms with van der Waals surface area (Å²) in [6, 6.07) is 9.23. The number of carbonyl (C=O) groups excluding carboxylic acids is 6. The Balaban J connectivity index is 0.000000250. The van der Waals surface area contributed by atoms with Crippen molar-refractivity contribution in [3.63, 3.8) is 0 Å². The number of likely N-dealkylation sites (tertiary alicyclic amines) is 2. The fraction of sp³-hybridized carbons (Fsp3) is 0.522. The smallest absolute Gasteiger partial charge is 0.416 e. The number of hydrogen-bond donors (Lipinski definition) is 5. The van der Waals surface area contributed by atoms with Crippen LogP contribution in [-0.4, -0.2) is 150 Å². The molecule has 0 unspecified atom stereocenters. The number of hydrogen-bond acceptors (Lipinski definition) is 13. The summed E-state index contributed by atoms with van der Waals surface area (Å²) < 4.78 is 171. The van der Waals surface area contributed by atoms with Gasteiger partial charge in [-0.15, -0.1) is 24.8 Å². The van der Waals surface area contributed by atoms with E-state index in [0.717, 1.165) is 90.1 Å². The highest BCUT2D eigenvalue weighted by Gasteiger charge is 2.42. The summed E-state index contributed by atoms with van der Waals surface area (Å²) in [5, 5.41) is 27.2. The molecule has 0 aliphatic carbocycles. The lowest BCUT2D eigenvalue weighted by Crippen LogP contribution is -2.41. The minimum atomic E-state index is -4.65. The molecule has 0 atom stereocenters. The van der Waals surface area contributed by atoms with Gasteiger partial charge in [-0.25, -0.2) is 22.8 Å². The number of amides is 4. The molecule has 9 heterocycles. The molecule has 6 aliphatic heterocycles. The number of carbonyl (C=O) groups is 4. The summed E-state index contributed by atoms with van der Waals surface area (Å²) in [7, 11) is 0. The Hall–Kier alpha value is -8.19. The third kappa shape index (κ3) is 21.2. The molecule has 12 rings (SSSR count). The van der Waals surface area contributed by atoms with Crippen LogP contribution in [0.15, 0.2) is 60.8 Å². The van der Waals surface area contributed by atoms with Crippen LogP contribution in [0.4, 0.5) is 62.3 Å². The summed E-state index contributed by atoms with van der Waals surface area (Å²) in [5.41, 5.74) is 1.47. The highest BCUT2D eigenvalue weighted by Crippen LogP contribution is 2.43. The third-order valence-corrected chi connectivity index (χ3v) is 17.5. The number of fused-ring (bicyclic) bond motifs is 3. The number of benzene rings is 3. The minimum Gasteiger partial charge on any atom is -0.444 e. The summed E-state index contributed by atoms with van der Waals surface area (Å²) in [5.74, 6) is -4.54. The van der Waals surface area contributed by atoms with Gasteiger partial charge in [-0.3, -0.25) is 24.9 Å². The molecule has 6 aliphatic rings. The van der Waals surface area contributed by atoms with Gasteiger partial charge < -0.3 is 39.7 Å². The van der Waals surface area contributed by atoms with E-state index in [-0.39, 0.29) is 137 Å². The number of aromatic nitrogens is 6. The summed E-state index contributed by atoms with van der Waals surface area (Å²) >= 11 is 0. The van der Waals surface area contributed by atoms with Crippen molar-refractivity contribution >= 4 is 55.0 Å². The van der Waals surface area contributed by atoms with Gasteiger partial charge in [-0.2, -0.15) is 64.4 Å². The second kappa shape index (κ2) is 34.7. The molecule has 4 amide bonds. The molecule has 34 heteroatoms. The molecule has 6 aromatic rings. The van der Waals surface area contributed by atoms with Crippen LogP contribution in [0.25, 0.3) is 0 Å². The highest BCUT2D eigenvalue weighted by atomic mass is 35.5. The van der Waals surface area contributed by atoms with Gasteiger partial charge in [-0.1, -0.05) is 18.2 Å². The van der Waals surface area contributed by atoms with Crippen molar-refractivity contribution in [2.75, 3.05) is 58.9 Å². The van der Waals surface area contributed by atoms with Gasteiger partial charge in [0.1, 0.15) is 28.7 Å². The Morgan fingerprint density at radius 2 is 0.861 bits per heavy atom. The van der Waals surface area contributed by atoms with Gasteiger partial charge in [0.15, 0.2) is 11.4 Å². The Labute approximate surface area is 588 Å². The van der Waals surface area contributed by atoms with Crippen molar-refractivity contribution in [3.05, 3.63) is 157 Å². The average Bonchev–Trinajstić information content (AvgIpc) is 1.07. The first kappa shape index (κ1) is 81.8. The monoisotopic (exact) mass is 1480 g/mol. The first-order valence-corrected chi connectivity index (χ1v) is 32.2. The number of ether oxygens (including phenoxy) is 2. The molecular formula is C67H82Cl2F12N12O8. The van der Waals surface area contributed by atoms with Crippen molar-refractivity contribution < 1.29 is 92.4 Å². The molecule has 0 spiro atoms. The Bertz CT molecular complexity index is 3830. The fourth-order valence-electron chi connectivity index (χ4n) is 12.8. The van der Waals surface area contributed by atoms with Crippen molar-refractivity contribution in [3.8, 4) is 0 Å². The number of nitrogens with zero attached hydrogens (tertiary/aromatic N) is 7. The zero-order valence-corrected chi connectivity index (χ0v) is 57.7. The van der Waals surface area contributed by atoms with E-state index in [0.29, 0.717) is 76.3 Å². The molecular weight excluding hydrogens is 1400 g/mol. The minimum absolute atomic E-state index is 0. The van der Waals surface area contributed by atoms with E-state index in [4.69, 9.17) is 19.1 Å². The van der Waals surface area contributed by atoms with E-state index in [1.165, 1.54) is 10.5 Å². The zero-order valence-electron chi connectivity index (χ0n) is 56.1. The molecule has 3 saturated heterocycles. The molecule has 3 aromatic carbocycles. The molecule has 20 nitrogen and oxygen atoms in total. The molecule has 0 saturated carbocycles. The normalized spacial score (nSPS) is 16.7. The van der Waals surface area contributed by atoms with Gasteiger partial charge in [0, 0.05) is 75.1 Å². The standard InChI is InChI=1S/C24H28F4N4O3.C19H20F4N4O.C12H13F4N.C11H17N3O2.CO2.2ClH.H2/c1-23(2,3)35-22(34)32-12-9-15-18(13-32)29-30-20(15)21(33)31-10-7-14(8-11-31)19-16(24(26,27)28)5-4-6-17(19)25;20-14-3-1-2-13(19(21,22)23)16(14)11-5-8-27(9-6-11)18(28)17-12-4-7-24-10-15(12)25-26-17;13-10-3-1-2-9(12(14,15)16)11(10)8-4-6-17-7-5-8;1-11(2,3)16-10(15)14-5-4-8-6-12-13-9(8)7-14;2-1-3;;;/h4-6,14H,7-13H2,1-3H3,(H,29,30);1-3,11,24H,4-10H2,(H,25,26);1-3,8,17H,4-7H2;6H,4-5,7H2,1-3H3,(H,12,13);;3*1H. The summed E-state index contributed by atoms with van der Waals surface area (Å²) in [6.07, 6.45) is -8.31. The first-order chi connectivity index (χ1) is 46.6. The summed E-state index contributed by atoms with van der Waals surface area (Å²) in [4.78, 5) is 72.8. The summed E-state index contributed by atoms with van der Waals surface area (Å²) in [6.45, 7) is 16.4. The number of piperidine rings is 3. The Kier molecular flexibility index (Phi) is 28.1. The molecule has 3 fully saturated rings. The van der Waals surface area contributed by atoms with Crippen LogP contribution in [-0.2, 0) is 76.5 Å². The number of nitrogens with one attached hydrogen (secondary N) is 5. The van der Waals surface area contributed by atoms with Gasteiger partial charge in [0.25, 0.3) is 11.8 Å². The number of H-pyrrole nitrogens is 3. The Morgan fingerprint density at radius 1 is 0.485 bits per heavy atom. The maximum atomic E-state index is 14.4. The van der Waals surface area contributed by atoms with Gasteiger partial charge in [-0.05, 0) is 179 Å². The maximum Gasteiger partial charge on any atom is 0.416 e. The van der Waals surface area contributed by atoms with E-state index < -0.39 is 81.8 Å². The lowest BCUT2D eigenvalue weighted by Gasteiger charge is -2.33. The zero-order chi connectivity index (χ0) is 72.4. The van der Waals surface area contributed by atoms with E-state index in [9.17, 15) is 71.9 Å². The van der Waals surface area contributed by atoms with Crippen LogP contribution in [0.2, 0.25) is 0 Å². The number of rotatable bonds is 5. The number of aromatic amines is 3. The van der Waals surface area contributed by atoms with Crippen LogP contribution in [0.1, 0.15) is 187 Å². The van der Waals surface area contributed by atoms with Crippen LogP contribution >= 0.6 is 24.8 Å². The average molecular weight is 1480 g/mol. The van der Waals surface area contributed by atoms with Crippen molar-refractivity contribution in [1.29, 1.82) is 0 Å². The van der Waals surface area contributed by atoms with E-state index in [1.54, 1.807) is 35.5 Å². The maximum absolute atomic E-state index is 14.4. The Morgan fingerprint density at radius 3 is 1.27 bits per heavy atom. The second-order valence-electron chi connectivity index (χ2n) is 26.5. The SMILES string of the molecule is CC(C)(C)OC(=O)N1CCc2c(C(=O)N3CCC(c4c(F)cccc4C(F)(F)F)CC3)n[nH]c2C1.CC(C)(C)OC(=O)N1CCc2cn[nH]c2C1.Cl.Cl.Fc1cccc(C(F)(F)F)c1C1CCNCC1.O=C(c1n[nH]c2c1CCNC2)N1CCC(c2c(F)cccc2C(F)(F)F)CC1.O=C=O.[HH]. The second-order valence-corrected chi connectivity index (χ2v) is 26.5. The van der Waals surface area contributed by atoms with Crippen molar-refractivity contribution in [2.24, 2.45) is 0 Å². The largest absolute Gasteiger partial charge is 0.444 e. The van der Waals surface area contributed by atoms with Gasteiger partial charge in [0.2, 0.25) is 0 Å². The van der Waals surface area contributed by atoms with Crippen LogP contribution < -0.4 is 10.6 Å². The van der Waals surface area contributed by atoms with E-state index in [1.807, 2.05) is 27.0 Å². The molecule has 0 radical (unpaired) electrons. The molecule has 556 valence electrons. The predicted octanol–water partition coefficient (Wildman–Crippen LogP) is 13.6. The first-order valence-electron chi connectivity index (χ1n) is 32.2. The molecule has 5 N–H and O–H groups in total. The van der Waals surface area contributed by atoms with Crippen LogP contribution in [0, 0.1) is 17.5 Å². The number of alkyl halides is 9. The number of halogens is 14. The van der Waals surface area contributed by atoms with E-state index >= 15 is 0 Å². The molecule has 101 heavy (non-hydrogen) atoms. The van der Waals surface area contributed by atoms with Crippen molar-refractivity contribution in [2.45, 2.75) is 166 Å². The fourth-order valence-corrected chi connectivity index (χ4v) is 12.8.